The van der Waals surface area contributed by atoms with E-state index >= 15 is 0 Å². The van der Waals surface area contributed by atoms with E-state index in [1.54, 1.807) is 11.3 Å². The summed E-state index contributed by atoms with van der Waals surface area (Å²) in [5, 5.41) is 11.0. The van der Waals surface area contributed by atoms with E-state index in [9.17, 15) is 9.59 Å². The first-order valence-corrected chi connectivity index (χ1v) is 6.11. The predicted octanol–water partition coefficient (Wildman–Crippen LogP) is 1.71. The van der Waals surface area contributed by atoms with Crippen LogP contribution in [-0.2, 0) is 16.1 Å². The Morgan fingerprint density at radius 2 is 2.44 bits per heavy atom. The van der Waals surface area contributed by atoms with Crippen molar-refractivity contribution in [1.82, 2.24) is 4.90 Å². The summed E-state index contributed by atoms with van der Waals surface area (Å²) in [6.07, 6.45) is 1.71. The Morgan fingerprint density at radius 3 is 3.06 bits per heavy atom. The number of carbonyl (C=O) groups excluding carboxylic acids is 1. The molecule has 1 saturated heterocycles. The normalized spacial score (nSPS) is 21.1. The zero-order valence-electron chi connectivity index (χ0n) is 8.76. The van der Waals surface area contributed by atoms with E-state index in [4.69, 9.17) is 5.11 Å². The fourth-order valence-electron chi connectivity index (χ4n) is 1.95. The summed E-state index contributed by atoms with van der Waals surface area (Å²) in [4.78, 5) is 25.3. The molecule has 1 N–H and O–H groups in total. The predicted molar refractivity (Wildman–Crippen MR) is 60.1 cm³/mol. The van der Waals surface area contributed by atoms with Crippen molar-refractivity contribution in [3.05, 3.63) is 22.4 Å². The van der Waals surface area contributed by atoms with Crippen molar-refractivity contribution < 1.29 is 14.7 Å². The van der Waals surface area contributed by atoms with Gasteiger partial charge in [0, 0.05) is 11.3 Å². The van der Waals surface area contributed by atoms with Crippen LogP contribution in [0.25, 0.3) is 0 Å². The van der Waals surface area contributed by atoms with Gasteiger partial charge in [-0.25, -0.2) is 4.79 Å². The molecule has 0 aromatic carbocycles. The lowest BCUT2D eigenvalue weighted by Gasteiger charge is -2.32. The molecule has 16 heavy (non-hydrogen) atoms. The van der Waals surface area contributed by atoms with Gasteiger partial charge in [0.25, 0.3) is 0 Å². The molecule has 1 fully saturated rings. The SMILES string of the molecule is O=C(O)[C@@H]1CCCC(=O)N1Cc1cccs1. The number of carbonyl (C=O) groups is 2. The Labute approximate surface area is 97.5 Å². The van der Waals surface area contributed by atoms with E-state index in [0.29, 0.717) is 25.8 Å². The first-order chi connectivity index (χ1) is 7.68. The highest BCUT2D eigenvalue weighted by atomic mass is 32.1. The zero-order valence-corrected chi connectivity index (χ0v) is 9.57. The fraction of sp³-hybridized carbons (Fsp3) is 0.455. The van der Waals surface area contributed by atoms with Gasteiger partial charge in [-0.05, 0) is 24.3 Å². The molecule has 1 aliphatic rings. The Morgan fingerprint density at radius 1 is 1.62 bits per heavy atom. The summed E-state index contributed by atoms with van der Waals surface area (Å²) in [5.74, 6) is -0.948. The highest BCUT2D eigenvalue weighted by Gasteiger charge is 2.32. The van der Waals surface area contributed by atoms with Crippen molar-refractivity contribution in [2.24, 2.45) is 0 Å². The molecular formula is C11H13NO3S. The second-order valence-electron chi connectivity index (χ2n) is 3.85. The van der Waals surface area contributed by atoms with Crippen LogP contribution in [0, 0.1) is 0 Å². The second kappa shape index (κ2) is 4.65. The smallest absolute Gasteiger partial charge is 0.326 e. The molecule has 1 amide bonds. The molecule has 5 heteroatoms. The van der Waals surface area contributed by atoms with Crippen molar-refractivity contribution in [3.63, 3.8) is 0 Å². The quantitative estimate of drug-likeness (QED) is 0.873. The summed E-state index contributed by atoms with van der Waals surface area (Å²) >= 11 is 1.55. The van der Waals surface area contributed by atoms with Gasteiger partial charge in [-0.2, -0.15) is 0 Å². The summed E-state index contributed by atoms with van der Waals surface area (Å²) in [6.45, 7) is 0.424. The zero-order chi connectivity index (χ0) is 11.5. The highest BCUT2D eigenvalue weighted by molar-refractivity contribution is 7.09. The number of piperidine rings is 1. The topological polar surface area (TPSA) is 57.6 Å². The van der Waals surface area contributed by atoms with E-state index < -0.39 is 12.0 Å². The first kappa shape index (κ1) is 11.1. The molecule has 0 unspecified atom stereocenters. The maximum atomic E-state index is 11.7. The minimum Gasteiger partial charge on any atom is -0.480 e. The van der Waals surface area contributed by atoms with Gasteiger partial charge in [0.2, 0.25) is 5.91 Å². The number of nitrogens with zero attached hydrogens (tertiary/aromatic N) is 1. The summed E-state index contributed by atoms with van der Waals surface area (Å²) in [6, 6.07) is 3.18. The van der Waals surface area contributed by atoms with E-state index in [-0.39, 0.29) is 5.91 Å². The lowest BCUT2D eigenvalue weighted by Crippen LogP contribution is -2.47. The number of likely N-dealkylation sites (tertiary alicyclic amines) is 1. The van der Waals surface area contributed by atoms with Crippen molar-refractivity contribution in [2.45, 2.75) is 31.8 Å². The van der Waals surface area contributed by atoms with Gasteiger partial charge in [0.1, 0.15) is 6.04 Å². The Bertz CT molecular complexity index is 388. The lowest BCUT2D eigenvalue weighted by molar-refractivity contribution is -0.153. The minimum atomic E-state index is -0.899. The van der Waals surface area contributed by atoms with Crippen LogP contribution in [0.3, 0.4) is 0 Å². The lowest BCUT2D eigenvalue weighted by atomic mass is 10.0. The van der Waals surface area contributed by atoms with Crippen LogP contribution in [0.2, 0.25) is 0 Å². The Hall–Kier alpha value is -1.36. The van der Waals surface area contributed by atoms with E-state index in [0.717, 1.165) is 4.88 Å². The molecule has 0 spiro atoms. The number of hydrogen-bond donors (Lipinski definition) is 1. The number of aliphatic carboxylic acids is 1. The summed E-state index contributed by atoms with van der Waals surface area (Å²) in [5.41, 5.74) is 0. The average molecular weight is 239 g/mol. The molecule has 2 rings (SSSR count). The number of amides is 1. The molecule has 4 nitrogen and oxygen atoms in total. The summed E-state index contributed by atoms with van der Waals surface area (Å²) < 4.78 is 0. The maximum absolute atomic E-state index is 11.7. The number of rotatable bonds is 3. The van der Waals surface area contributed by atoms with E-state index in [1.165, 1.54) is 4.90 Å². The fourth-order valence-corrected chi connectivity index (χ4v) is 2.65. The van der Waals surface area contributed by atoms with Crippen LogP contribution in [0.15, 0.2) is 17.5 Å². The van der Waals surface area contributed by atoms with Crippen LogP contribution in [0.4, 0.5) is 0 Å². The molecule has 1 atom stereocenters. The van der Waals surface area contributed by atoms with Crippen LogP contribution in [0.5, 0.6) is 0 Å². The summed E-state index contributed by atoms with van der Waals surface area (Å²) in [7, 11) is 0. The standard InChI is InChI=1S/C11H13NO3S/c13-10-5-1-4-9(11(14)15)12(10)7-8-3-2-6-16-8/h2-3,6,9H,1,4-5,7H2,(H,14,15)/t9-/m0/s1. The minimum absolute atomic E-state index is 0.0490. The van der Waals surface area contributed by atoms with Gasteiger partial charge < -0.3 is 10.0 Å². The van der Waals surface area contributed by atoms with Crippen LogP contribution in [0.1, 0.15) is 24.1 Å². The monoisotopic (exact) mass is 239 g/mol. The largest absolute Gasteiger partial charge is 0.480 e. The van der Waals surface area contributed by atoms with E-state index in [1.807, 2.05) is 17.5 Å². The first-order valence-electron chi connectivity index (χ1n) is 5.23. The van der Waals surface area contributed by atoms with Crippen LogP contribution < -0.4 is 0 Å². The van der Waals surface area contributed by atoms with Crippen LogP contribution in [-0.4, -0.2) is 27.9 Å². The molecule has 0 saturated carbocycles. The van der Waals surface area contributed by atoms with Gasteiger partial charge in [0.15, 0.2) is 0 Å². The van der Waals surface area contributed by atoms with Crippen molar-refractivity contribution in [2.75, 3.05) is 0 Å². The molecule has 1 aliphatic heterocycles. The Balaban J connectivity index is 2.13. The van der Waals surface area contributed by atoms with Crippen molar-refractivity contribution in [1.29, 1.82) is 0 Å². The number of carboxylic acid groups (broad SMARTS) is 1. The van der Waals surface area contributed by atoms with Gasteiger partial charge >= 0.3 is 5.97 Å². The van der Waals surface area contributed by atoms with Gasteiger partial charge in [-0.15, -0.1) is 11.3 Å². The third-order valence-corrected chi connectivity index (χ3v) is 3.62. The molecule has 2 heterocycles. The maximum Gasteiger partial charge on any atom is 0.326 e. The highest BCUT2D eigenvalue weighted by Crippen LogP contribution is 2.22. The molecular weight excluding hydrogens is 226 g/mol. The van der Waals surface area contributed by atoms with Crippen molar-refractivity contribution >= 4 is 23.2 Å². The third kappa shape index (κ3) is 2.24. The van der Waals surface area contributed by atoms with Gasteiger partial charge in [-0.1, -0.05) is 6.07 Å². The van der Waals surface area contributed by atoms with Gasteiger partial charge in [0.05, 0.1) is 6.54 Å². The molecule has 0 radical (unpaired) electrons. The molecule has 0 bridgehead atoms. The van der Waals surface area contributed by atoms with Crippen molar-refractivity contribution in [3.8, 4) is 0 Å². The Kier molecular flexibility index (Phi) is 3.24. The molecule has 86 valence electrons. The van der Waals surface area contributed by atoms with Gasteiger partial charge in [-0.3, -0.25) is 4.79 Å². The number of carboxylic acids is 1. The molecule has 0 aliphatic carbocycles. The number of thiophene rings is 1. The third-order valence-electron chi connectivity index (χ3n) is 2.76. The van der Waals surface area contributed by atoms with E-state index in [2.05, 4.69) is 0 Å². The molecule has 1 aromatic heterocycles. The average Bonchev–Trinajstić information content (AvgIpc) is 2.73. The second-order valence-corrected chi connectivity index (χ2v) is 4.88. The van der Waals surface area contributed by atoms with Crippen LogP contribution >= 0.6 is 11.3 Å². The molecule has 1 aromatic rings. The number of hydrogen-bond acceptors (Lipinski definition) is 3.